The summed E-state index contributed by atoms with van der Waals surface area (Å²) in [5.74, 6) is 0. The first kappa shape index (κ1) is 16.3. The second kappa shape index (κ2) is 6.90. The number of aromatic amines is 1. The lowest BCUT2D eigenvalue weighted by Crippen LogP contribution is -1.99. The Morgan fingerprint density at radius 3 is 2.65 bits per heavy atom. The predicted molar refractivity (Wildman–Crippen MR) is 103 cm³/mol. The van der Waals surface area contributed by atoms with Crippen molar-refractivity contribution in [2.45, 2.75) is 33.1 Å². The third-order valence-corrected chi connectivity index (χ3v) is 5.08. The molecule has 3 rings (SSSR count). The molecule has 0 saturated heterocycles. The first-order chi connectivity index (χ1) is 11.1. The van der Waals surface area contributed by atoms with Crippen molar-refractivity contribution in [1.82, 2.24) is 4.98 Å². The largest absolute Gasteiger partial charge is 0.353 e. The van der Waals surface area contributed by atoms with Gasteiger partial charge in [0.25, 0.3) is 0 Å². The molecule has 0 amide bonds. The van der Waals surface area contributed by atoms with Gasteiger partial charge in [-0.3, -0.25) is 0 Å². The van der Waals surface area contributed by atoms with Crippen molar-refractivity contribution in [3.05, 3.63) is 57.6 Å². The molecule has 2 nitrogen and oxygen atoms in total. The number of nitrogens with two attached hydrogens (primary N) is 1. The van der Waals surface area contributed by atoms with E-state index in [9.17, 15) is 0 Å². The van der Waals surface area contributed by atoms with Crippen LogP contribution >= 0.6 is 15.9 Å². The first-order valence-electron chi connectivity index (χ1n) is 8.18. The monoisotopic (exact) mass is 370 g/mol. The Bertz CT molecular complexity index is 833. The second-order valence-electron chi connectivity index (χ2n) is 6.21. The van der Waals surface area contributed by atoms with Crippen molar-refractivity contribution in [2.75, 3.05) is 6.54 Å². The molecule has 0 fully saturated rings. The summed E-state index contributed by atoms with van der Waals surface area (Å²) in [6.45, 7) is 5.08. The molecular weight excluding hydrogens is 348 g/mol. The summed E-state index contributed by atoms with van der Waals surface area (Å²) in [5.41, 5.74) is 13.4. The molecule has 0 aliphatic rings. The molecule has 0 aliphatic carbocycles. The van der Waals surface area contributed by atoms with Crippen molar-refractivity contribution in [3.8, 4) is 11.3 Å². The Morgan fingerprint density at radius 1 is 1.09 bits per heavy atom. The van der Waals surface area contributed by atoms with Crippen LogP contribution in [0.2, 0.25) is 0 Å². The fourth-order valence-corrected chi connectivity index (χ4v) is 3.73. The number of halogens is 1. The fraction of sp³-hybridized carbons (Fsp3) is 0.300. The van der Waals surface area contributed by atoms with Gasteiger partial charge in [0.05, 0.1) is 5.52 Å². The minimum atomic E-state index is 0.755. The molecule has 0 saturated carbocycles. The van der Waals surface area contributed by atoms with E-state index in [4.69, 9.17) is 5.73 Å². The molecule has 2 aromatic carbocycles. The highest BCUT2D eigenvalue weighted by Gasteiger charge is 2.15. The van der Waals surface area contributed by atoms with Gasteiger partial charge < -0.3 is 10.7 Å². The molecule has 1 aromatic heterocycles. The van der Waals surface area contributed by atoms with Crippen molar-refractivity contribution in [2.24, 2.45) is 5.73 Å². The van der Waals surface area contributed by atoms with Crippen LogP contribution in [0, 0.1) is 13.8 Å². The number of hydrogen-bond acceptors (Lipinski definition) is 1. The van der Waals surface area contributed by atoms with Crippen LogP contribution in [0.25, 0.3) is 22.2 Å². The molecule has 1 heterocycles. The lowest BCUT2D eigenvalue weighted by Gasteiger charge is -2.09. The Balaban J connectivity index is 2.17. The maximum absolute atomic E-state index is 5.68. The van der Waals surface area contributed by atoms with E-state index >= 15 is 0 Å². The van der Waals surface area contributed by atoms with Gasteiger partial charge in [-0.15, -0.1) is 0 Å². The maximum Gasteiger partial charge on any atom is 0.0606 e. The smallest absolute Gasteiger partial charge is 0.0606 e. The molecule has 3 heteroatoms. The number of nitrogens with one attached hydrogen (secondary N) is 1. The van der Waals surface area contributed by atoms with Crippen LogP contribution in [0.1, 0.15) is 29.5 Å². The van der Waals surface area contributed by atoms with Gasteiger partial charge in [0.15, 0.2) is 0 Å². The molecule has 0 atom stereocenters. The fourth-order valence-electron chi connectivity index (χ4n) is 3.27. The van der Waals surface area contributed by atoms with Crippen LogP contribution in [0.4, 0.5) is 0 Å². The van der Waals surface area contributed by atoms with Gasteiger partial charge in [0.2, 0.25) is 0 Å². The second-order valence-corrected chi connectivity index (χ2v) is 7.06. The van der Waals surface area contributed by atoms with Gasteiger partial charge in [0, 0.05) is 21.1 Å². The van der Waals surface area contributed by atoms with E-state index in [2.05, 4.69) is 71.2 Å². The SMILES string of the molecule is Cc1ccc(-c2[nH]c3c(Br)cccc3c2CCCCN)c(C)c1. The van der Waals surface area contributed by atoms with Gasteiger partial charge in [-0.1, -0.05) is 35.9 Å². The van der Waals surface area contributed by atoms with E-state index in [1.807, 2.05) is 0 Å². The Hall–Kier alpha value is -1.58. The van der Waals surface area contributed by atoms with Crippen LogP contribution in [-0.2, 0) is 6.42 Å². The minimum absolute atomic E-state index is 0.755. The molecule has 0 radical (unpaired) electrons. The number of fused-ring (bicyclic) bond motifs is 1. The first-order valence-corrected chi connectivity index (χ1v) is 8.98. The third-order valence-electron chi connectivity index (χ3n) is 4.42. The number of rotatable bonds is 5. The summed E-state index contributed by atoms with van der Waals surface area (Å²) >= 11 is 3.68. The van der Waals surface area contributed by atoms with Crippen LogP contribution in [-0.4, -0.2) is 11.5 Å². The highest BCUT2D eigenvalue weighted by Crippen LogP contribution is 2.36. The zero-order valence-electron chi connectivity index (χ0n) is 13.7. The third kappa shape index (κ3) is 3.22. The summed E-state index contributed by atoms with van der Waals surface area (Å²) in [5, 5.41) is 1.31. The summed E-state index contributed by atoms with van der Waals surface area (Å²) in [6, 6.07) is 13.1. The zero-order chi connectivity index (χ0) is 16.4. The molecule has 120 valence electrons. The molecule has 0 unspecified atom stereocenters. The Morgan fingerprint density at radius 2 is 1.91 bits per heavy atom. The van der Waals surface area contributed by atoms with Crippen molar-refractivity contribution in [3.63, 3.8) is 0 Å². The van der Waals surface area contributed by atoms with Gasteiger partial charge in [-0.05, 0) is 72.8 Å². The standard InChI is InChI=1S/C20H23BrN2/c1-13-9-10-15(14(2)12-13)19-16(6-3-4-11-22)17-7-5-8-18(21)20(17)23-19/h5,7-10,12,23H,3-4,6,11,22H2,1-2H3. The van der Waals surface area contributed by atoms with Crippen molar-refractivity contribution >= 4 is 26.8 Å². The van der Waals surface area contributed by atoms with E-state index in [-0.39, 0.29) is 0 Å². The normalized spacial score (nSPS) is 11.3. The average Bonchev–Trinajstić information content (AvgIpc) is 2.88. The molecular formula is C20H23BrN2. The Labute approximate surface area is 146 Å². The van der Waals surface area contributed by atoms with Crippen molar-refractivity contribution < 1.29 is 0 Å². The number of hydrogen-bond donors (Lipinski definition) is 2. The summed E-state index contributed by atoms with van der Waals surface area (Å²) < 4.78 is 1.12. The molecule has 3 N–H and O–H groups in total. The molecule has 3 aromatic rings. The van der Waals surface area contributed by atoms with E-state index in [1.54, 1.807) is 0 Å². The highest BCUT2D eigenvalue weighted by atomic mass is 79.9. The molecule has 0 aliphatic heterocycles. The van der Waals surface area contributed by atoms with Gasteiger partial charge in [0.1, 0.15) is 0 Å². The minimum Gasteiger partial charge on any atom is -0.353 e. The van der Waals surface area contributed by atoms with E-state index < -0.39 is 0 Å². The maximum atomic E-state index is 5.68. The summed E-state index contributed by atoms with van der Waals surface area (Å²) in [6.07, 6.45) is 3.23. The number of para-hydroxylation sites is 1. The number of aryl methyl sites for hydroxylation is 3. The van der Waals surface area contributed by atoms with E-state index in [0.717, 1.165) is 30.3 Å². The Kier molecular flexibility index (Phi) is 4.88. The molecule has 23 heavy (non-hydrogen) atoms. The highest BCUT2D eigenvalue weighted by molar-refractivity contribution is 9.10. The van der Waals surface area contributed by atoms with Gasteiger partial charge in [-0.2, -0.15) is 0 Å². The number of unbranched alkanes of at least 4 members (excludes halogenated alkanes) is 1. The van der Waals surface area contributed by atoms with Crippen molar-refractivity contribution in [1.29, 1.82) is 0 Å². The quantitative estimate of drug-likeness (QED) is 0.572. The lowest BCUT2D eigenvalue weighted by molar-refractivity contribution is 0.748. The van der Waals surface area contributed by atoms with Gasteiger partial charge in [-0.25, -0.2) is 0 Å². The number of benzene rings is 2. The summed E-state index contributed by atoms with van der Waals surface area (Å²) in [7, 11) is 0. The van der Waals surface area contributed by atoms with E-state index in [1.165, 1.54) is 38.9 Å². The molecule has 0 bridgehead atoms. The number of aromatic nitrogens is 1. The van der Waals surface area contributed by atoms with Crippen LogP contribution in [0.3, 0.4) is 0 Å². The average molecular weight is 371 g/mol. The predicted octanol–water partition coefficient (Wildman–Crippen LogP) is 5.50. The number of H-pyrrole nitrogens is 1. The van der Waals surface area contributed by atoms with Crippen LogP contribution < -0.4 is 5.73 Å². The van der Waals surface area contributed by atoms with Gasteiger partial charge >= 0.3 is 0 Å². The zero-order valence-corrected chi connectivity index (χ0v) is 15.3. The van der Waals surface area contributed by atoms with Crippen LogP contribution in [0.5, 0.6) is 0 Å². The van der Waals surface area contributed by atoms with E-state index in [0.29, 0.717) is 0 Å². The lowest BCUT2D eigenvalue weighted by atomic mass is 9.97. The van der Waals surface area contributed by atoms with Crippen LogP contribution in [0.15, 0.2) is 40.9 Å². The topological polar surface area (TPSA) is 41.8 Å². The summed E-state index contributed by atoms with van der Waals surface area (Å²) in [4.78, 5) is 3.66. The molecule has 0 spiro atoms.